The van der Waals surface area contributed by atoms with Gasteiger partial charge in [-0.3, -0.25) is 0 Å². The molecule has 0 saturated heterocycles. The van der Waals surface area contributed by atoms with E-state index < -0.39 is 0 Å². The van der Waals surface area contributed by atoms with Crippen LogP contribution in [0.1, 0.15) is 59.3 Å². The van der Waals surface area contributed by atoms with E-state index in [9.17, 15) is 0 Å². The van der Waals surface area contributed by atoms with Gasteiger partial charge in [0.2, 0.25) is 0 Å². The summed E-state index contributed by atoms with van der Waals surface area (Å²) in [7, 11) is 0. The van der Waals surface area contributed by atoms with Crippen LogP contribution < -0.4 is 0 Å². The molecule has 0 aromatic carbocycles. The van der Waals surface area contributed by atoms with Gasteiger partial charge >= 0.3 is 0 Å². The van der Waals surface area contributed by atoms with Crippen molar-refractivity contribution < 1.29 is 0 Å². The third kappa shape index (κ3) is 1.61. The Morgan fingerprint density at radius 2 is 1.21 bits per heavy atom. The van der Waals surface area contributed by atoms with E-state index in [1.807, 2.05) is 0 Å². The van der Waals surface area contributed by atoms with Crippen molar-refractivity contribution in [2.24, 2.45) is 29.6 Å². The first kappa shape index (κ1) is 10.5. The van der Waals surface area contributed by atoms with E-state index in [-0.39, 0.29) is 0 Å². The van der Waals surface area contributed by atoms with Crippen molar-refractivity contribution in [3.8, 4) is 0 Å². The highest BCUT2D eigenvalue weighted by Gasteiger charge is 2.65. The summed E-state index contributed by atoms with van der Waals surface area (Å²) in [6.07, 6.45) is 8.81. The van der Waals surface area contributed by atoms with E-state index in [0.29, 0.717) is 0 Å². The molecule has 4 unspecified atom stereocenters. The normalized spacial score (nSPS) is 44.4. The zero-order chi connectivity index (χ0) is 10.1. The average Bonchev–Trinajstić information content (AvgIpc) is 2.73. The highest BCUT2D eigenvalue weighted by atomic mass is 14.7. The highest BCUT2D eigenvalue weighted by molar-refractivity contribution is 5.12. The third-order valence-corrected chi connectivity index (χ3v) is 4.84. The molecule has 0 N–H and O–H groups in total. The molecule has 0 aliphatic heterocycles. The summed E-state index contributed by atoms with van der Waals surface area (Å²) in [5, 5.41) is 0. The van der Waals surface area contributed by atoms with Gasteiger partial charge < -0.3 is 0 Å². The first-order valence-corrected chi connectivity index (χ1v) is 6.81. The van der Waals surface area contributed by atoms with Crippen molar-refractivity contribution in [3.63, 3.8) is 0 Å². The second-order valence-electron chi connectivity index (χ2n) is 5.63. The fraction of sp³-hybridized carbons (Fsp3) is 1.00. The van der Waals surface area contributed by atoms with Gasteiger partial charge in [-0.1, -0.05) is 46.5 Å². The Morgan fingerprint density at radius 3 is 1.57 bits per heavy atom. The minimum absolute atomic E-state index is 1.10. The van der Waals surface area contributed by atoms with E-state index in [2.05, 4.69) is 20.8 Å². The van der Waals surface area contributed by atoms with Gasteiger partial charge in [-0.2, -0.15) is 0 Å². The second kappa shape index (κ2) is 4.24. The fourth-order valence-corrected chi connectivity index (χ4v) is 3.99. The van der Waals surface area contributed by atoms with Crippen LogP contribution in [0.15, 0.2) is 0 Å². The largest absolute Gasteiger partial charge is 0.0654 e. The Bertz CT molecular complexity index is 164. The molecule has 0 aromatic rings. The summed E-state index contributed by atoms with van der Waals surface area (Å²) in [5.74, 6) is 5.72. The zero-order valence-electron chi connectivity index (χ0n) is 10.1. The van der Waals surface area contributed by atoms with Crippen LogP contribution in [0.3, 0.4) is 0 Å². The number of fused-ring (bicyclic) bond motifs is 1. The van der Waals surface area contributed by atoms with Crippen molar-refractivity contribution >= 4 is 0 Å². The monoisotopic (exact) mass is 194 g/mol. The lowest BCUT2D eigenvalue weighted by Gasteiger charge is -2.36. The maximum atomic E-state index is 2.49. The molecule has 0 heteroatoms. The summed E-state index contributed by atoms with van der Waals surface area (Å²) in [5.41, 5.74) is 0. The second-order valence-corrected chi connectivity index (χ2v) is 5.63. The zero-order valence-corrected chi connectivity index (χ0v) is 10.1. The molecule has 4 atom stereocenters. The van der Waals surface area contributed by atoms with Crippen LogP contribution in [0.5, 0.6) is 0 Å². The molecule has 0 heterocycles. The van der Waals surface area contributed by atoms with E-state index in [4.69, 9.17) is 0 Å². The Kier molecular flexibility index (Phi) is 3.19. The predicted octanol–water partition coefficient (Wildman–Crippen LogP) is 4.49. The van der Waals surface area contributed by atoms with E-state index in [1.165, 1.54) is 50.4 Å². The lowest BCUT2D eigenvalue weighted by Crippen LogP contribution is -2.29. The summed E-state index contributed by atoms with van der Waals surface area (Å²) in [6, 6.07) is 0. The quantitative estimate of drug-likeness (QED) is 0.584. The minimum Gasteiger partial charge on any atom is -0.0654 e. The van der Waals surface area contributed by atoms with Gasteiger partial charge in [0, 0.05) is 0 Å². The number of unbranched alkanes of at least 4 members (excludes halogenated alkanes) is 2. The van der Waals surface area contributed by atoms with Crippen LogP contribution >= 0.6 is 0 Å². The molecule has 2 aliphatic rings. The first-order chi connectivity index (χ1) is 6.81. The van der Waals surface area contributed by atoms with E-state index >= 15 is 0 Å². The molecule has 0 amide bonds. The number of hydrogen-bond acceptors (Lipinski definition) is 0. The maximum Gasteiger partial charge on any atom is -0.0321 e. The van der Waals surface area contributed by atoms with Gasteiger partial charge in [-0.25, -0.2) is 0 Å². The molecule has 0 spiro atoms. The molecule has 82 valence electrons. The fourth-order valence-electron chi connectivity index (χ4n) is 3.99. The maximum absolute atomic E-state index is 2.49. The molecule has 2 aliphatic carbocycles. The van der Waals surface area contributed by atoms with E-state index in [0.717, 1.165) is 17.8 Å². The highest BCUT2D eigenvalue weighted by Crippen LogP contribution is 2.70. The van der Waals surface area contributed by atoms with Crippen LogP contribution in [0.2, 0.25) is 0 Å². The van der Waals surface area contributed by atoms with Crippen molar-refractivity contribution in [2.75, 3.05) is 0 Å². The van der Waals surface area contributed by atoms with E-state index in [1.54, 1.807) is 0 Å². The van der Waals surface area contributed by atoms with Crippen molar-refractivity contribution in [1.82, 2.24) is 0 Å². The van der Waals surface area contributed by atoms with Gasteiger partial charge in [0.1, 0.15) is 0 Å². The molecule has 2 saturated carbocycles. The summed E-state index contributed by atoms with van der Waals surface area (Å²) in [6.45, 7) is 7.14. The van der Waals surface area contributed by atoms with Crippen LogP contribution in [-0.4, -0.2) is 0 Å². The van der Waals surface area contributed by atoms with Crippen molar-refractivity contribution in [1.29, 1.82) is 0 Å². The lowest BCUT2D eigenvalue weighted by molar-refractivity contribution is 0.127. The van der Waals surface area contributed by atoms with Gasteiger partial charge in [0.15, 0.2) is 0 Å². The summed E-state index contributed by atoms with van der Waals surface area (Å²) >= 11 is 0. The molecular weight excluding hydrogens is 168 g/mol. The third-order valence-electron chi connectivity index (χ3n) is 4.84. The molecule has 0 nitrogen and oxygen atoms in total. The van der Waals surface area contributed by atoms with Crippen LogP contribution in [0.4, 0.5) is 0 Å². The van der Waals surface area contributed by atoms with Gasteiger partial charge in [0.05, 0.1) is 0 Å². The lowest BCUT2D eigenvalue weighted by atomic mass is 9.69. The molecule has 2 fully saturated rings. The average molecular weight is 194 g/mol. The minimum atomic E-state index is 1.10. The predicted molar refractivity (Wildman–Crippen MR) is 62.2 cm³/mol. The van der Waals surface area contributed by atoms with Gasteiger partial charge in [-0.05, 0) is 42.4 Å². The summed E-state index contributed by atoms with van der Waals surface area (Å²) < 4.78 is 0. The Balaban J connectivity index is 1.77. The smallest absolute Gasteiger partial charge is 0.0321 e. The van der Waals surface area contributed by atoms with Crippen molar-refractivity contribution in [2.45, 2.75) is 59.3 Å². The SMILES string of the molecule is CCCCC1C(CCCC)C2C(C)C12. The molecule has 0 radical (unpaired) electrons. The van der Waals surface area contributed by atoms with Crippen molar-refractivity contribution in [3.05, 3.63) is 0 Å². The van der Waals surface area contributed by atoms with Crippen LogP contribution in [0, 0.1) is 29.6 Å². The Morgan fingerprint density at radius 1 is 0.786 bits per heavy atom. The standard InChI is InChI=1S/C14H26/c1-4-6-8-11-12(9-7-5-2)14-10(3)13(11)14/h10-14H,4-9H2,1-3H3. The van der Waals surface area contributed by atoms with Gasteiger partial charge in [0.25, 0.3) is 0 Å². The first-order valence-electron chi connectivity index (χ1n) is 6.81. The Labute approximate surface area is 89.5 Å². The molecule has 0 aromatic heterocycles. The number of hydrogen-bond donors (Lipinski definition) is 0. The molecule has 14 heavy (non-hydrogen) atoms. The van der Waals surface area contributed by atoms with Crippen LogP contribution in [0.25, 0.3) is 0 Å². The van der Waals surface area contributed by atoms with Crippen LogP contribution in [-0.2, 0) is 0 Å². The molecular formula is C14H26. The molecule has 0 bridgehead atoms. The van der Waals surface area contributed by atoms with Gasteiger partial charge in [-0.15, -0.1) is 0 Å². The Hall–Kier alpha value is 0. The topological polar surface area (TPSA) is 0 Å². The molecule has 2 rings (SSSR count). The summed E-state index contributed by atoms with van der Waals surface area (Å²) in [4.78, 5) is 0. The number of rotatable bonds is 6.